The zero-order valence-corrected chi connectivity index (χ0v) is 17.0. The molecule has 6 heteroatoms. The molecule has 1 aromatic heterocycles. The molecule has 0 amide bonds. The van der Waals surface area contributed by atoms with Crippen molar-refractivity contribution in [3.05, 3.63) is 17.0 Å². The van der Waals surface area contributed by atoms with Crippen molar-refractivity contribution >= 4 is 5.96 Å². The molecule has 1 fully saturated rings. The van der Waals surface area contributed by atoms with E-state index in [4.69, 9.17) is 0 Å². The molecule has 0 spiro atoms. The Balaban J connectivity index is 1.96. The minimum absolute atomic E-state index is 0.731. The van der Waals surface area contributed by atoms with Crippen molar-refractivity contribution in [1.82, 2.24) is 24.9 Å². The average molecular weight is 349 g/mol. The van der Waals surface area contributed by atoms with Crippen LogP contribution in [0.25, 0.3) is 0 Å². The highest BCUT2D eigenvalue weighted by Crippen LogP contribution is 2.15. The zero-order valence-electron chi connectivity index (χ0n) is 17.0. The van der Waals surface area contributed by atoms with E-state index in [0.29, 0.717) is 0 Å². The standard InChI is InChI=1S/C19H36N6/c1-7-17-16(18(8-2)23(6)22-17)13-21-19(20-5)25-11-9-24(10-12-25)14-15(3)4/h15H,7-14H2,1-6H3,(H,20,21). The second-order valence-electron chi connectivity index (χ2n) is 7.28. The Labute approximate surface area is 153 Å². The van der Waals surface area contributed by atoms with E-state index in [2.05, 4.69) is 52.9 Å². The summed E-state index contributed by atoms with van der Waals surface area (Å²) >= 11 is 0. The summed E-state index contributed by atoms with van der Waals surface area (Å²) in [7, 11) is 3.93. The van der Waals surface area contributed by atoms with E-state index in [1.54, 1.807) is 0 Å². The van der Waals surface area contributed by atoms with Crippen LogP contribution in [0.5, 0.6) is 0 Å². The third-order valence-electron chi connectivity index (χ3n) is 4.96. The van der Waals surface area contributed by atoms with Crippen molar-refractivity contribution in [2.45, 2.75) is 47.1 Å². The van der Waals surface area contributed by atoms with E-state index in [9.17, 15) is 0 Å². The van der Waals surface area contributed by atoms with E-state index < -0.39 is 0 Å². The highest BCUT2D eigenvalue weighted by molar-refractivity contribution is 5.80. The summed E-state index contributed by atoms with van der Waals surface area (Å²) in [5.41, 5.74) is 3.86. The van der Waals surface area contributed by atoms with E-state index in [-0.39, 0.29) is 0 Å². The van der Waals surface area contributed by atoms with E-state index in [1.807, 2.05) is 18.8 Å². The van der Waals surface area contributed by atoms with Gasteiger partial charge in [0.1, 0.15) is 0 Å². The van der Waals surface area contributed by atoms with Crippen LogP contribution >= 0.6 is 0 Å². The van der Waals surface area contributed by atoms with Crippen LogP contribution in [-0.2, 0) is 26.4 Å². The van der Waals surface area contributed by atoms with Gasteiger partial charge in [-0.2, -0.15) is 5.10 Å². The van der Waals surface area contributed by atoms with Gasteiger partial charge in [0.25, 0.3) is 0 Å². The van der Waals surface area contributed by atoms with Gasteiger partial charge in [0.15, 0.2) is 5.96 Å². The second-order valence-corrected chi connectivity index (χ2v) is 7.28. The second kappa shape index (κ2) is 9.22. The molecule has 25 heavy (non-hydrogen) atoms. The van der Waals surface area contributed by atoms with Gasteiger partial charge in [-0.1, -0.05) is 27.7 Å². The van der Waals surface area contributed by atoms with Crippen LogP contribution in [0, 0.1) is 5.92 Å². The van der Waals surface area contributed by atoms with E-state index in [1.165, 1.54) is 23.5 Å². The van der Waals surface area contributed by atoms with Gasteiger partial charge in [-0.05, 0) is 18.8 Å². The maximum absolute atomic E-state index is 4.67. The van der Waals surface area contributed by atoms with Crippen molar-refractivity contribution in [2.24, 2.45) is 18.0 Å². The normalized spacial score (nSPS) is 16.8. The number of nitrogens with zero attached hydrogens (tertiary/aromatic N) is 5. The molecule has 0 unspecified atom stereocenters. The average Bonchev–Trinajstić information content (AvgIpc) is 2.91. The van der Waals surface area contributed by atoms with Crippen LogP contribution in [0.2, 0.25) is 0 Å². The zero-order chi connectivity index (χ0) is 18.4. The van der Waals surface area contributed by atoms with Crippen LogP contribution in [0.3, 0.4) is 0 Å². The fourth-order valence-electron chi connectivity index (χ4n) is 3.75. The quantitative estimate of drug-likeness (QED) is 0.630. The summed E-state index contributed by atoms with van der Waals surface area (Å²) in [5, 5.41) is 8.25. The van der Waals surface area contributed by atoms with Gasteiger partial charge in [0, 0.05) is 64.6 Å². The molecule has 1 aliphatic heterocycles. The molecule has 2 heterocycles. The number of piperazine rings is 1. The third-order valence-corrected chi connectivity index (χ3v) is 4.96. The Morgan fingerprint density at radius 3 is 2.36 bits per heavy atom. The molecule has 0 aliphatic carbocycles. The number of nitrogens with one attached hydrogen (secondary N) is 1. The van der Waals surface area contributed by atoms with Crippen LogP contribution in [0.15, 0.2) is 4.99 Å². The summed E-state index contributed by atoms with van der Waals surface area (Å²) in [6.07, 6.45) is 1.98. The number of aliphatic imine (C=N–C) groups is 1. The molecule has 0 aromatic carbocycles. The van der Waals surface area contributed by atoms with Crippen molar-refractivity contribution < 1.29 is 0 Å². The lowest BCUT2D eigenvalue weighted by Gasteiger charge is -2.37. The Bertz CT molecular complexity index is 567. The van der Waals surface area contributed by atoms with Crippen molar-refractivity contribution in [3.8, 4) is 0 Å². The predicted octanol–water partition coefficient (Wildman–Crippen LogP) is 1.89. The number of guanidine groups is 1. The summed E-state index contributed by atoms with van der Waals surface area (Å²) < 4.78 is 2.03. The van der Waals surface area contributed by atoms with Gasteiger partial charge in [0.2, 0.25) is 0 Å². The minimum atomic E-state index is 0.731. The molecule has 1 N–H and O–H groups in total. The van der Waals surface area contributed by atoms with Gasteiger partial charge in [-0.25, -0.2) is 0 Å². The molecule has 0 saturated carbocycles. The molecule has 0 radical (unpaired) electrons. The molecular formula is C19H36N6. The van der Waals surface area contributed by atoms with Crippen LogP contribution in [-0.4, -0.2) is 65.3 Å². The Morgan fingerprint density at radius 2 is 1.84 bits per heavy atom. The van der Waals surface area contributed by atoms with Gasteiger partial charge in [0.05, 0.1) is 5.69 Å². The largest absolute Gasteiger partial charge is 0.352 e. The lowest BCUT2D eigenvalue weighted by atomic mass is 10.1. The summed E-state index contributed by atoms with van der Waals surface area (Å²) in [5.74, 6) is 1.74. The first-order valence-corrected chi connectivity index (χ1v) is 9.71. The summed E-state index contributed by atoms with van der Waals surface area (Å²) in [4.78, 5) is 9.45. The lowest BCUT2D eigenvalue weighted by Crippen LogP contribution is -2.52. The number of aromatic nitrogens is 2. The molecule has 1 saturated heterocycles. The number of rotatable bonds is 6. The Hall–Kier alpha value is -1.56. The first kappa shape index (κ1) is 19.8. The summed E-state index contributed by atoms with van der Waals surface area (Å²) in [6.45, 7) is 15.3. The molecule has 1 aliphatic rings. The number of aryl methyl sites for hydroxylation is 2. The van der Waals surface area contributed by atoms with Crippen LogP contribution in [0.4, 0.5) is 0 Å². The molecule has 142 valence electrons. The Kier molecular flexibility index (Phi) is 7.29. The van der Waals surface area contributed by atoms with Gasteiger partial charge in [-0.15, -0.1) is 0 Å². The van der Waals surface area contributed by atoms with Gasteiger partial charge < -0.3 is 10.2 Å². The molecule has 6 nitrogen and oxygen atoms in total. The van der Waals surface area contributed by atoms with Crippen LogP contribution < -0.4 is 5.32 Å². The van der Waals surface area contributed by atoms with E-state index in [0.717, 1.165) is 57.4 Å². The fourth-order valence-corrected chi connectivity index (χ4v) is 3.75. The molecule has 1 aromatic rings. The maximum atomic E-state index is 4.67. The SMILES string of the molecule is CCc1nn(C)c(CC)c1CNC(=NC)N1CCN(CC(C)C)CC1. The van der Waals surface area contributed by atoms with Crippen molar-refractivity contribution in [1.29, 1.82) is 0 Å². The molecular weight excluding hydrogens is 312 g/mol. The van der Waals surface area contributed by atoms with Crippen molar-refractivity contribution in [2.75, 3.05) is 39.8 Å². The fraction of sp³-hybridized carbons (Fsp3) is 0.789. The van der Waals surface area contributed by atoms with Crippen molar-refractivity contribution in [3.63, 3.8) is 0 Å². The smallest absolute Gasteiger partial charge is 0.194 e. The van der Waals surface area contributed by atoms with Crippen LogP contribution in [0.1, 0.15) is 44.6 Å². The number of hydrogen-bond acceptors (Lipinski definition) is 3. The molecule has 0 bridgehead atoms. The topological polar surface area (TPSA) is 48.7 Å². The monoisotopic (exact) mass is 348 g/mol. The number of hydrogen-bond donors (Lipinski definition) is 1. The molecule has 2 rings (SSSR count). The van der Waals surface area contributed by atoms with Gasteiger partial charge >= 0.3 is 0 Å². The predicted molar refractivity (Wildman–Crippen MR) is 105 cm³/mol. The first-order chi connectivity index (χ1) is 12.0. The first-order valence-electron chi connectivity index (χ1n) is 9.71. The Morgan fingerprint density at radius 1 is 1.16 bits per heavy atom. The highest BCUT2D eigenvalue weighted by Gasteiger charge is 2.21. The van der Waals surface area contributed by atoms with Gasteiger partial charge in [-0.3, -0.25) is 14.6 Å². The summed E-state index contributed by atoms with van der Waals surface area (Å²) in [6, 6.07) is 0. The maximum Gasteiger partial charge on any atom is 0.194 e. The highest BCUT2D eigenvalue weighted by atomic mass is 15.3. The third kappa shape index (κ3) is 4.97. The molecule has 0 atom stereocenters. The van der Waals surface area contributed by atoms with E-state index >= 15 is 0 Å². The lowest BCUT2D eigenvalue weighted by molar-refractivity contribution is 0.164. The minimum Gasteiger partial charge on any atom is -0.352 e.